The van der Waals surface area contributed by atoms with Gasteiger partial charge in [0.2, 0.25) is 0 Å². The van der Waals surface area contributed by atoms with Crippen molar-refractivity contribution in [2.24, 2.45) is 0 Å². The molecule has 0 bridgehead atoms. The van der Waals surface area contributed by atoms with E-state index in [1.54, 1.807) is 0 Å². The van der Waals surface area contributed by atoms with Gasteiger partial charge >= 0.3 is 212 Å². The quantitative estimate of drug-likeness (QED) is 0.266. The molecule has 0 saturated heterocycles. The maximum absolute atomic E-state index is 7.47. The number of hydrogen-bond donors (Lipinski definition) is 0. The summed E-state index contributed by atoms with van der Waals surface area (Å²) in [6, 6.07) is 35.9. The van der Waals surface area contributed by atoms with Crippen LogP contribution < -0.4 is 14.3 Å². The van der Waals surface area contributed by atoms with Crippen molar-refractivity contribution in [2.75, 3.05) is 0 Å². The molecule has 32 heavy (non-hydrogen) atoms. The Balaban J connectivity index is 1.85. The molecule has 161 valence electrons. The Labute approximate surface area is 210 Å². The maximum atomic E-state index is 7.47. The second-order valence-electron chi connectivity index (χ2n) is 8.49. The molecule has 0 N–H and O–H groups in total. The van der Waals surface area contributed by atoms with Gasteiger partial charge < -0.3 is 0 Å². The van der Waals surface area contributed by atoms with Crippen molar-refractivity contribution in [3.05, 3.63) is 119 Å². The van der Waals surface area contributed by atoms with Crippen molar-refractivity contribution in [3.8, 4) is 0 Å². The molecule has 4 heteroatoms. The number of rotatable bonds is 6. The van der Waals surface area contributed by atoms with Crippen LogP contribution in [0.25, 0.3) is 0 Å². The molecule has 0 atom stereocenters. The Morgan fingerprint density at radius 3 is 1.09 bits per heavy atom. The molecule has 1 radical (unpaired) electrons. The van der Waals surface area contributed by atoms with Crippen LogP contribution in [0.2, 0.25) is 0 Å². The zero-order chi connectivity index (χ0) is 22.7. The van der Waals surface area contributed by atoms with Gasteiger partial charge in [-0.25, -0.2) is 0 Å². The summed E-state index contributed by atoms with van der Waals surface area (Å²) < 4.78 is 12.9. The Bertz CT molecular complexity index is 1080. The fourth-order valence-corrected chi connectivity index (χ4v) is 39.0. The first-order valence-electron chi connectivity index (χ1n) is 10.9. The molecule has 0 aliphatic heterocycles. The molecule has 0 aliphatic carbocycles. The SMILES string of the molecule is Cc1cc[c]([Sn]([O][Sn]([Br])([c]2ccc(C)cc2)[c]2ccc(C)cc2)[c]2ccc(C)cc2)cc1. The molecule has 0 unspecified atom stereocenters. The summed E-state index contributed by atoms with van der Waals surface area (Å²) >= 11 is -1.94. The van der Waals surface area contributed by atoms with Crippen molar-refractivity contribution in [3.63, 3.8) is 0 Å². The Morgan fingerprint density at radius 2 is 0.781 bits per heavy atom. The first kappa shape index (κ1) is 24.1. The van der Waals surface area contributed by atoms with Gasteiger partial charge in [-0.05, 0) is 0 Å². The van der Waals surface area contributed by atoms with Gasteiger partial charge in [-0.15, -0.1) is 0 Å². The molecule has 0 aliphatic rings. The average molecular weight is 698 g/mol. The second kappa shape index (κ2) is 10.5. The van der Waals surface area contributed by atoms with Crippen LogP contribution in [0.3, 0.4) is 0 Å². The van der Waals surface area contributed by atoms with Gasteiger partial charge in [0.1, 0.15) is 0 Å². The van der Waals surface area contributed by atoms with Crippen molar-refractivity contribution in [2.45, 2.75) is 27.7 Å². The minimum absolute atomic E-state index is 1.27. The molecule has 0 heterocycles. The Kier molecular flexibility index (Phi) is 7.86. The van der Waals surface area contributed by atoms with E-state index in [1.165, 1.54) is 36.6 Å². The summed E-state index contributed by atoms with van der Waals surface area (Å²) in [5, 5.41) is 0. The van der Waals surface area contributed by atoms with Gasteiger partial charge in [0.15, 0.2) is 0 Å². The van der Waals surface area contributed by atoms with E-state index in [1.807, 2.05) is 0 Å². The van der Waals surface area contributed by atoms with E-state index in [2.05, 4.69) is 137 Å². The second-order valence-corrected chi connectivity index (χ2v) is 32.3. The zero-order valence-electron chi connectivity index (χ0n) is 19.0. The molecule has 4 aromatic carbocycles. The molecule has 4 aromatic rings. The third kappa shape index (κ3) is 5.52. The van der Waals surface area contributed by atoms with Crippen LogP contribution in [-0.2, 0) is 1.41 Å². The van der Waals surface area contributed by atoms with Crippen LogP contribution in [-0.4, -0.2) is 36.7 Å². The van der Waals surface area contributed by atoms with Gasteiger partial charge in [0, 0.05) is 0 Å². The molecular weight excluding hydrogens is 670 g/mol. The van der Waals surface area contributed by atoms with E-state index in [0.29, 0.717) is 0 Å². The summed E-state index contributed by atoms with van der Waals surface area (Å²) in [6.07, 6.45) is 0. The van der Waals surface area contributed by atoms with Crippen LogP contribution in [0.5, 0.6) is 0 Å². The fourth-order valence-electron chi connectivity index (χ4n) is 3.66. The van der Waals surface area contributed by atoms with Gasteiger partial charge in [-0.2, -0.15) is 0 Å². The fraction of sp³-hybridized carbons (Fsp3) is 0.143. The van der Waals surface area contributed by atoms with Crippen LogP contribution in [0.15, 0.2) is 97.1 Å². The van der Waals surface area contributed by atoms with Crippen molar-refractivity contribution < 1.29 is 1.41 Å². The summed E-state index contributed by atoms with van der Waals surface area (Å²) in [5.41, 5.74) is 5.11. The van der Waals surface area contributed by atoms with E-state index in [0.717, 1.165) is 0 Å². The molecule has 0 fully saturated rings. The number of aryl methyl sites for hydroxylation is 4. The normalized spacial score (nSPS) is 11.7. The van der Waals surface area contributed by atoms with Gasteiger partial charge in [-0.3, -0.25) is 0 Å². The van der Waals surface area contributed by atoms with E-state index in [9.17, 15) is 0 Å². The van der Waals surface area contributed by atoms with Crippen molar-refractivity contribution in [1.82, 2.24) is 0 Å². The molecule has 0 aromatic heterocycles. The van der Waals surface area contributed by atoms with Gasteiger partial charge in [0.25, 0.3) is 0 Å². The van der Waals surface area contributed by atoms with Crippen LogP contribution in [0.1, 0.15) is 22.3 Å². The topological polar surface area (TPSA) is 9.23 Å². The molecule has 4 rings (SSSR count). The average Bonchev–Trinajstić information content (AvgIpc) is 2.79. The number of benzene rings is 4. The summed E-state index contributed by atoms with van der Waals surface area (Å²) in [7, 11) is 0. The summed E-state index contributed by atoms with van der Waals surface area (Å²) in [6.45, 7) is 8.57. The van der Waals surface area contributed by atoms with E-state index in [4.69, 9.17) is 1.41 Å². The third-order valence-electron chi connectivity index (χ3n) is 5.72. The van der Waals surface area contributed by atoms with Crippen molar-refractivity contribution >= 4 is 63.8 Å². The molecule has 0 spiro atoms. The minimum atomic E-state index is -3.57. The standard InChI is InChI=1S/4C7H7.BrH.O.2Sn/c4*1-7-5-3-2-4-6-7;;;;/h4*3-6H,1H3;1H;;;/q;;;;;;;+1/p-1. The predicted molar refractivity (Wildman–Crippen MR) is 145 cm³/mol. The zero-order valence-corrected chi connectivity index (χ0v) is 26.3. The number of hydrogen-bond acceptors (Lipinski definition) is 1. The summed E-state index contributed by atoms with van der Waals surface area (Å²) in [5.74, 6) is 0. The van der Waals surface area contributed by atoms with Gasteiger partial charge in [0.05, 0.1) is 0 Å². The molecule has 0 amide bonds. The Hall–Kier alpha value is -1.08. The third-order valence-corrected chi connectivity index (χ3v) is 40.9. The molecular formula is C28H28BrOSn2. The monoisotopic (exact) mass is 699 g/mol. The molecule has 1 nitrogen and oxygen atoms in total. The van der Waals surface area contributed by atoms with E-state index >= 15 is 0 Å². The van der Waals surface area contributed by atoms with Crippen LogP contribution in [0.4, 0.5) is 0 Å². The first-order valence-corrected chi connectivity index (χ1v) is 25.3. The van der Waals surface area contributed by atoms with Gasteiger partial charge in [-0.1, -0.05) is 0 Å². The molecule has 0 saturated carbocycles. The summed E-state index contributed by atoms with van der Waals surface area (Å²) in [4.78, 5) is 0. The predicted octanol–water partition coefficient (Wildman–Crippen LogP) is 4.69. The van der Waals surface area contributed by atoms with Crippen LogP contribution in [0, 0.1) is 27.7 Å². The number of halogens is 1. The Morgan fingerprint density at radius 1 is 0.500 bits per heavy atom. The van der Waals surface area contributed by atoms with E-state index in [-0.39, 0.29) is 0 Å². The van der Waals surface area contributed by atoms with E-state index < -0.39 is 36.7 Å². The first-order chi connectivity index (χ1) is 15.3. The van der Waals surface area contributed by atoms with Crippen LogP contribution >= 0.6 is 12.7 Å². The van der Waals surface area contributed by atoms with Crippen molar-refractivity contribution in [1.29, 1.82) is 0 Å².